The van der Waals surface area contributed by atoms with E-state index in [1.54, 1.807) is 29.5 Å². The van der Waals surface area contributed by atoms with Crippen molar-refractivity contribution in [2.75, 3.05) is 25.6 Å². The lowest BCUT2D eigenvalue weighted by Crippen LogP contribution is -2.34. The van der Waals surface area contributed by atoms with Gasteiger partial charge in [-0.1, -0.05) is 12.1 Å². The third kappa shape index (κ3) is 6.10. The number of carbonyl (C=O) groups excluding carboxylic acids is 4. The molecular weight excluding hydrogens is 570 g/mol. The van der Waals surface area contributed by atoms with E-state index in [4.69, 9.17) is 20.9 Å². The van der Waals surface area contributed by atoms with Crippen LogP contribution in [0.1, 0.15) is 48.0 Å². The molecular formula is C31H29N5O6S. The van der Waals surface area contributed by atoms with E-state index in [-0.39, 0.29) is 22.5 Å². The third-order valence-electron chi connectivity index (χ3n) is 6.98. The van der Waals surface area contributed by atoms with Gasteiger partial charge in [-0.25, -0.2) is 9.78 Å². The van der Waals surface area contributed by atoms with E-state index in [1.165, 1.54) is 19.2 Å². The number of ether oxygens (including phenoxy) is 2. The summed E-state index contributed by atoms with van der Waals surface area (Å²) < 4.78 is 11.1. The van der Waals surface area contributed by atoms with Crippen LogP contribution in [0.25, 0.3) is 21.6 Å². The number of esters is 1. The van der Waals surface area contributed by atoms with Gasteiger partial charge in [-0.15, -0.1) is 11.3 Å². The number of anilines is 1. The molecule has 0 fully saturated rings. The normalized spacial score (nSPS) is 11.8. The van der Waals surface area contributed by atoms with Gasteiger partial charge in [-0.05, 0) is 65.4 Å². The van der Waals surface area contributed by atoms with Gasteiger partial charge in [0.05, 0.1) is 20.3 Å². The van der Waals surface area contributed by atoms with Gasteiger partial charge in [0.25, 0.3) is 11.8 Å². The first-order chi connectivity index (χ1) is 20.7. The van der Waals surface area contributed by atoms with Gasteiger partial charge < -0.3 is 31.6 Å². The van der Waals surface area contributed by atoms with Crippen molar-refractivity contribution < 1.29 is 28.7 Å². The molecule has 12 heteroatoms. The SMILES string of the molecule is COC(=O)c1nc(C(=O)NCC(N)=O)ccc1-c1cc2c(cc1C(=O)Nc1ccc(CN)cc1C)-c1sccc1CCO2. The number of aromatic nitrogens is 1. The Balaban J connectivity index is 1.67. The molecule has 0 atom stereocenters. The molecule has 0 unspecified atom stereocenters. The van der Waals surface area contributed by atoms with Crippen LogP contribution in [0.5, 0.6) is 5.75 Å². The molecule has 1 aliphatic rings. The second-order valence-corrected chi connectivity index (χ2v) is 10.7. The van der Waals surface area contributed by atoms with E-state index >= 15 is 0 Å². The second kappa shape index (κ2) is 12.4. The number of aryl methyl sites for hydroxylation is 1. The molecule has 1 aliphatic heterocycles. The minimum Gasteiger partial charge on any atom is -0.493 e. The fourth-order valence-electron chi connectivity index (χ4n) is 4.82. The predicted octanol–water partition coefficient (Wildman–Crippen LogP) is 3.43. The Morgan fingerprint density at radius 3 is 2.56 bits per heavy atom. The lowest BCUT2D eigenvalue weighted by atomic mass is 9.93. The molecule has 2 aromatic heterocycles. The highest BCUT2D eigenvalue weighted by Gasteiger charge is 2.27. The monoisotopic (exact) mass is 599 g/mol. The number of thiophene rings is 1. The van der Waals surface area contributed by atoms with Crippen LogP contribution in [-0.4, -0.2) is 48.9 Å². The number of nitrogens with two attached hydrogens (primary N) is 2. The molecule has 2 aromatic carbocycles. The zero-order valence-electron chi connectivity index (χ0n) is 23.5. The lowest BCUT2D eigenvalue weighted by Gasteiger charge is -2.18. The van der Waals surface area contributed by atoms with Crippen molar-refractivity contribution in [3.8, 4) is 27.3 Å². The molecule has 3 amide bonds. The van der Waals surface area contributed by atoms with E-state index in [2.05, 4.69) is 15.6 Å². The summed E-state index contributed by atoms with van der Waals surface area (Å²) in [5.41, 5.74) is 15.6. The van der Waals surface area contributed by atoms with Crippen LogP contribution in [0.15, 0.2) is 53.9 Å². The van der Waals surface area contributed by atoms with Crippen molar-refractivity contribution in [3.63, 3.8) is 0 Å². The highest BCUT2D eigenvalue weighted by Crippen LogP contribution is 2.43. The number of nitrogens with one attached hydrogen (secondary N) is 2. The van der Waals surface area contributed by atoms with Crippen LogP contribution in [-0.2, 0) is 22.5 Å². The molecule has 0 saturated carbocycles. The Bertz CT molecular complexity index is 1770. The van der Waals surface area contributed by atoms with Crippen LogP contribution in [0.3, 0.4) is 0 Å². The number of benzene rings is 2. The van der Waals surface area contributed by atoms with Gasteiger partial charge in [0, 0.05) is 45.8 Å². The maximum Gasteiger partial charge on any atom is 0.357 e. The molecule has 5 rings (SSSR count). The highest BCUT2D eigenvalue weighted by atomic mass is 32.1. The summed E-state index contributed by atoms with van der Waals surface area (Å²) in [5, 5.41) is 7.33. The first-order valence-electron chi connectivity index (χ1n) is 13.3. The predicted molar refractivity (Wildman–Crippen MR) is 162 cm³/mol. The molecule has 0 saturated heterocycles. The second-order valence-electron chi connectivity index (χ2n) is 9.81. The Morgan fingerprint density at radius 2 is 1.84 bits per heavy atom. The van der Waals surface area contributed by atoms with Crippen LogP contribution < -0.4 is 26.8 Å². The fraction of sp³-hybridized carbons (Fsp3) is 0.194. The summed E-state index contributed by atoms with van der Waals surface area (Å²) in [5.74, 6) is -2.16. The molecule has 43 heavy (non-hydrogen) atoms. The standard InChI is InChI=1S/C31H29N5O6S/c1-16-11-17(14-32)3-5-23(16)36-29(38)21-12-22-25(42-9-7-18-8-10-43-28(18)22)13-20(21)19-4-6-24(30(39)34-15-26(33)37)35-27(19)31(40)41-2/h3-6,8,10-13H,7,9,14-15,32H2,1-2H3,(H2,33,37)(H,34,39)(H,36,38). The molecule has 0 spiro atoms. The van der Waals surface area contributed by atoms with E-state index in [0.717, 1.165) is 27.1 Å². The summed E-state index contributed by atoms with van der Waals surface area (Å²) in [6.07, 6.45) is 0.696. The maximum absolute atomic E-state index is 14.0. The Kier molecular flexibility index (Phi) is 8.51. The Morgan fingerprint density at radius 1 is 1.02 bits per heavy atom. The summed E-state index contributed by atoms with van der Waals surface area (Å²) in [6, 6.07) is 13.9. The average molecular weight is 600 g/mol. The number of rotatable bonds is 8. The minimum atomic E-state index is -0.824. The van der Waals surface area contributed by atoms with Gasteiger partial charge in [-0.2, -0.15) is 0 Å². The fourth-order valence-corrected chi connectivity index (χ4v) is 5.80. The Hall–Kier alpha value is -5.07. The number of hydrogen-bond donors (Lipinski definition) is 4. The molecule has 0 bridgehead atoms. The lowest BCUT2D eigenvalue weighted by molar-refractivity contribution is -0.117. The topological polar surface area (TPSA) is 176 Å². The number of hydrogen-bond acceptors (Lipinski definition) is 9. The first-order valence-corrected chi connectivity index (χ1v) is 14.2. The number of methoxy groups -OCH3 is 1. The van der Waals surface area contributed by atoms with Gasteiger partial charge >= 0.3 is 5.97 Å². The summed E-state index contributed by atoms with van der Waals surface area (Å²) >= 11 is 1.55. The van der Waals surface area contributed by atoms with Crippen molar-refractivity contribution in [2.24, 2.45) is 11.5 Å². The molecule has 0 radical (unpaired) electrons. The molecule has 3 heterocycles. The third-order valence-corrected chi connectivity index (χ3v) is 7.97. The number of primary amides is 1. The van der Waals surface area contributed by atoms with Crippen molar-refractivity contribution in [2.45, 2.75) is 19.9 Å². The minimum absolute atomic E-state index is 0.138. The van der Waals surface area contributed by atoms with Crippen LogP contribution in [0.4, 0.5) is 5.69 Å². The van der Waals surface area contributed by atoms with Crippen molar-refractivity contribution in [1.82, 2.24) is 10.3 Å². The quantitative estimate of drug-likeness (QED) is 0.223. The maximum atomic E-state index is 14.0. The zero-order chi connectivity index (χ0) is 30.7. The van der Waals surface area contributed by atoms with E-state index in [1.807, 2.05) is 30.5 Å². The Labute approximate surface area is 251 Å². The largest absolute Gasteiger partial charge is 0.493 e. The van der Waals surface area contributed by atoms with E-state index in [9.17, 15) is 19.2 Å². The molecule has 4 aromatic rings. The van der Waals surface area contributed by atoms with Crippen molar-refractivity contribution in [1.29, 1.82) is 0 Å². The molecule has 6 N–H and O–H groups in total. The van der Waals surface area contributed by atoms with Gasteiger partial charge in [-0.3, -0.25) is 14.4 Å². The highest BCUT2D eigenvalue weighted by molar-refractivity contribution is 7.13. The number of pyridine rings is 1. The summed E-state index contributed by atoms with van der Waals surface area (Å²) in [6.45, 7) is 2.26. The van der Waals surface area contributed by atoms with Gasteiger partial charge in [0.15, 0.2) is 5.69 Å². The zero-order valence-corrected chi connectivity index (χ0v) is 24.3. The summed E-state index contributed by atoms with van der Waals surface area (Å²) in [4.78, 5) is 56.0. The number of fused-ring (bicyclic) bond motifs is 3. The number of amides is 3. The van der Waals surface area contributed by atoms with Crippen LogP contribution >= 0.6 is 11.3 Å². The number of carbonyl (C=O) groups is 4. The smallest absolute Gasteiger partial charge is 0.357 e. The molecule has 220 valence electrons. The van der Waals surface area contributed by atoms with Gasteiger partial charge in [0.2, 0.25) is 5.91 Å². The number of nitrogens with zero attached hydrogens (tertiary/aromatic N) is 1. The van der Waals surface area contributed by atoms with Crippen molar-refractivity contribution >= 4 is 40.7 Å². The molecule has 0 aliphatic carbocycles. The average Bonchev–Trinajstić information content (AvgIpc) is 3.41. The van der Waals surface area contributed by atoms with E-state index < -0.39 is 30.2 Å². The van der Waals surface area contributed by atoms with Gasteiger partial charge in [0.1, 0.15) is 11.4 Å². The molecule has 11 nitrogen and oxygen atoms in total. The first kappa shape index (κ1) is 29.4. The summed E-state index contributed by atoms with van der Waals surface area (Å²) in [7, 11) is 1.19. The van der Waals surface area contributed by atoms with E-state index in [0.29, 0.717) is 36.6 Å². The van der Waals surface area contributed by atoms with Crippen LogP contribution in [0.2, 0.25) is 0 Å². The van der Waals surface area contributed by atoms with Crippen molar-refractivity contribution in [3.05, 3.63) is 87.6 Å². The van der Waals surface area contributed by atoms with Crippen LogP contribution in [0, 0.1) is 6.92 Å².